The molecule has 1 amide bonds. The fraction of sp³-hybridized carbons (Fsp3) is 0.118. The van der Waals surface area contributed by atoms with E-state index in [0.717, 1.165) is 16.9 Å². The molecule has 0 radical (unpaired) electrons. The fourth-order valence-electron chi connectivity index (χ4n) is 1.81. The summed E-state index contributed by atoms with van der Waals surface area (Å²) in [5.74, 6) is 0.516. The van der Waals surface area contributed by atoms with Gasteiger partial charge >= 0.3 is 0 Å². The number of halogens is 1. The molecule has 0 bridgehead atoms. The summed E-state index contributed by atoms with van der Waals surface area (Å²) in [7, 11) is 1.61. The Balaban J connectivity index is 2.05. The molecule has 21 heavy (non-hydrogen) atoms. The van der Waals surface area contributed by atoms with Crippen molar-refractivity contribution >= 4 is 29.3 Å². The minimum atomic E-state index is -0.233. The molecule has 0 spiro atoms. The van der Waals surface area contributed by atoms with Crippen LogP contribution in [0.5, 0.6) is 5.75 Å². The van der Waals surface area contributed by atoms with E-state index >= 15 is 0 Å². The number of ether oxygens (including phenoxy) is 1. The average Bonchev–Trinajstić information content (AvgIpc) is 2.48. The van der Waals surface area contributed by atoms with E-state index in [1.165, 1.54) is 6.08 Å². The van der Waals surface area contributed by atoms with Crippen LogP contribution in [0.15, 0.2) is 48.5 Å². The molecule has 0 unspecified atom stereocenters. The Morgan fingerprint density at radius 3 is 2.76 bits per heavy atom. The van der Waals surface area contributed by atoms with Crippen molar-refractivity contribution in [3.05, 3.63) is 64.7 Å². The highest BCUT2D eigenvalue weighted by atomic mass is 35.5. The van der Waals surface area contributed by atoms with Gasteiger partial charge in [0.15, 0.2) is 0 Å². The number of benzene rings is 2. The SMILES string of the molecule is COc1cccc(/C=C/C(=O)Nc2ccc(C)cc2Cl)c1. The topological polar surface area (TPSA) is 38.3 Å². The second-order valence-electron chi connectivity index (χ2n) is 4.58. The van der Waals surface area contributed by atoms with E-state index < -0.39 is 0 Å². The Hall–Kier alpha value is -2.26. The van der Waals surface area contributed by atoms with Crippen LogP contribution >= 0.6 is 11.6 Å². The summed E-state index contributed by atoms with van der Waals surface area (Å²) in [6, 6.07) is 13.0. The average molecular weight is 302 g/mol. The van der Waals surface area contributed by atoms with Crippen molar-refractivity contribution in [2.75, 3.05) is 12.4 Å². The Morgan fingerprint density at radius 2 is 2.05 bits per heavy atom. The van der Waals surface area contributed by atoms with Gasteiger partial charge in [0.25, 0.3) is 0 Å². The van der Waals surface area contributed by atoms with Crippen LogP contribution in [0.4, 0.5) is 5.69 Å². The number of carbonyl (C=O) groups is 1. The number of carbonyl (C=O) groups excluding carboxylic acids is 1. The second-order valence-corrected chi connectivity index (χ2v) is 4.99. The van der Waals surface area contributed by atoms with Gasteiger partial charge in [-0.05, 0) is 48.4 Å². The van der Waals surface area contributed by atoms with Gasteiger partial charge in [-0.1, -0.05) is 29.8 Å². The molecule has 0 saturated carbocycles. The molecule has 0 fully saturated rings. The third kappa shape index (κ3) is 4.36. The molecule has 0 aliphatic heterocycles. The largest absolute Gasteiger partial charge is 0.497 e. The van der Waals surface area contributed by atoms with Gasteiger partial charge in [0, 0.05) is 6.08 Å². The maximum absolute atomic E-state index is 11.9. The molecule has 108 valence electrons. The minimum Gasteiger partial charge on any atom is -0.497 e. The predicted molar refractivity (Wildman–Crippen MR) is 86.8 cm³/mol. The van der Waals surface area contributed by atoms with Crippen molar-refractivity contribution < 1.29 is 9.53 Å². The molecular formula is C17H16ClNO2. The van der Waals surface area contributed by atoms with E-state index in [-0.39, 0.29) is 5.91 Å². The lowest BCUT2D eigenvalue weighted by Crippen LogP contribution is -2.08. The van der Waals surface area contributed by atoms with Gasteiger partial charge in [-0.15, -0.1) is 0 Å². The summed E-state index contributed by atoms with van der Waals surface area (Å²) in [5.41, 5.74) is 2.53. The van der Waals surface area contributed by atoms with Crippen LogP contribution < -0.4 is 10.1 Å². The summed E-state index contributed by atoms with van der Waals surface area (Å²) < 4.78 is 5.13. The van der Waals surface area contributed by atoms with Crippen LogP contribution in [0.1, 0.15) is 11.1 Å². The van der Waals surface area contributed by atoms with E-state index in [0.29, 0.717) is 10.7 Å². The van der Waals surface area contributed by atoms with E-state index in [9.17, 15) is 4.79 Å². The Labute approximate surface area is 129 Å². The number of nitrogens with one attached hydrogen (secondary N) is 1. The van der Waals surface area contributed by atoms with Crippen molar-refractivity contribution in [1.29, 1.82) is 0 Å². The van der Waals surface area contributed by atoms with Crippen LogP contribution in [-0.2, 0) is 4.79 Å². The zero-order valence-corrected chi connectivity index (χ0v) is 12.6. The number of aryl methyl sites for hydroxylation is 1. The first-order valence-electron chi connectivity index (χ1n) is 6.48. The summed E-state index contributed by atoms with van der Waals surface area (Å²) in [6.07, 6.45) is 3.19. The molecule has 0 saturated heterocycles. The minimum absolute atomic E-state index is 0.233. The highest BCUT2D eigenvalue weighted by Gasteiger charge is 2.03. The third-order valence-corrected chi connectivity index (χ3v) is 3.22. The van der Waals surface area contributed by atoms with Crippen LogP contribution in [0, 0.1) is 6.92 Å². The van der Waals surface area contributed by atoms with Crippen LogP contribution in [0.2, 0.25) is 5.02 Å². The van der Waals surface area contributed by atoms with Crippen LogP contribution in [0.3, 0.4) is 0 Å². The molecular weight excluding hydrogens is 286 g/mol. The standard InChI is InChI=1S/C17H16ClNO2/c1-12-6-8-16(15(18)10-12)19-17(20)9-7-13-4-3-5-14(11-13)21-2/h3-11H,1-2H3,(H,19,20)/b9-7+. The molecule has 2 aromatic rings. The molecule has 0 aliphatic carbocycles. The summed E-state index contributed by atoms with van der Waals surface area (Å²) in [6.45, 7) is 1.94. The maximum Gasteiger partial charge on any atom is 0.248 e. The van der Waals surface area contributed by atoms with Gasteiger partial charge < -0.3 is 10.1 Å². The number of amides is 1. The van der Waals surface area contributed by atoms with E-state index in [1.807, 2.05) is 43.3 Å². The van der Waals surface area contributed by atoms with Crippen LogP contribution in [-0.4, -0.2) is 13.0 Å². The predicted octanol–water partition coefficient (Wildman–Crippen LogP) is 4.31. The Morgan fingerprint density at radius 1 is 1.24 bits per heavy atom. The maximum atomic E-state index is 11.9. The Kier molecular flexibility index (Phi) is 5.01. The second kappa shape index (κ2) is 6.95. The number of rotatable bonds is 4. The van der Waals surface area contributed by atoms with Crippen molar-refractivity contribution in [3.63, 3.8) is 0 Å². The first-order valence-corrected chi connectivity index (χ1v) is 6.85. The number of anilines is 1. The lowest BCUT2D eigenvalue weighted by Gasteiger charge is -2.05. The molecule has 4 heteroatoms. The van der Waals surface area contributed by atoms with Crippen LogP contribution in [0.25, 0.3) is 6.08 Å². The summed E-state index contributed by atoms with van der Waals surface area (Å²) in [5, 5.41) is 3.27. The quantitative estimate of drug-likeness (QED) is 0.855. The van der Waals surface area contributed by atoms with E-state index in [2.05, 4.69) is 5.32 Å². The monoisotopic (exact) mass is 301 g/mol. The molecule has 3 nitrogen and oxygen atoms in total. The zero-order chi connectivity index (χ0) is 15.2. The lowest BCUT2D eigenvalue weighted by atomic mass is 10.2. The Bertz CT molecular complexity index is 680. The number of hydrogen-bond donors (Lipinski definition) is 1. The van der Waals surface area contributed by atoms with Gasteiger partial charge in [-0.25, -0.2) is 0 Å². The smallest absolute Gasteiger partial charge is 0.248 e. The normalized spacial score (nSPS) is 10.6. The summed E-state index contributed by atoms with van der Waals surface area (Å²) >= 11 is 6.07. The first kappa shape index (κ1) is 15.1. The molecule has 2 aromatic carbocycles. The van der Waals surface area contributed by atoms with Crippen molar-refractivity contribution in [3.8, 4) is 5.75 Å². The first-order chi connectivity index (χ1) is 10.1. The van der Waals surface area contributed by atoms with Gasteiger partial charge in [0.05, 0.1) is 17.8 Å². The lowest BCUT2D eigenvalue weighted by molar-refractivity contribution is -0.111. The molecule has 1 N–H and O–H groups in total. The molecule has 0 aromatic heterocycles. The number of hydrogen-bond acceptors (Lipinski definition) is 2. The molecule has 2 rings (SSSR count). The van der Waals surface area contributed by atoms with Crippen molar-refractivity contribution in [2.45, 2.75) is 6.92 Å². The highest BCUT2D eigenvalue weighted by Crippen LogP contribution is 2.22. The van der Waals surface area contributed by atoms with Crippen molar-refractivity contribution in [1.82, 2.24) is 0 Å². The number of methoxy groups -OCH3 is 1. The highest BCUT2D eigenvalue weighted by molar-refractivity contribution is 6.33. The third-order valence-electron chi connectivity index (χ3n) is 2.90. The van der Waals surface area contributed by atoms with Crippen molar-refractivity contribution in [2.24, 2.45) is 0 Å². The van der Waals surface area contributed by atoms with Gasteiger partial charge in [0.2, 0.25) is 5.91 Å². The zero-order valence-electron chi connectivity index (χ0n) is 11.9. The summed E-state index contributed by atoms with van der Waals surface area (Å²) in [4.78, 5) is 11.9. The fourth-order valence-corrected chi connectivity index (χ4v) is 2.10. The molecule has 0 heterocycles. The van der Waals surface area contributed by atoms with E-state index in [1.54, 1.807) is 19.3 Å². The van der Waals surface area contributed by atoms with Gasteiger partial charge in [-0.2, -0.15) is 0 Å². The van der Waals surface area contributed by atoms with Gasteiger partial charge in [0.1, 0.15) is 5.75 Å². The molecule has 0 atom stereocenters. The van der Waals surface area contributed by atoms with Gasteiger partial charge in [-0.3, -0.25) is 4.79 Å². The van der Waals surface area contributed by atoms with E-state index in [4.69, 9.17) is 16.3 Å². The molecule has 0 aliphatic rings.